The molecule has 0 aliphatic rings. The zero-order valence-electron chi connectivity index (χ0n) is 12.8. The monoisotopic (exact) mass is 284 g/mol. The number of anilines is 1. The van der Waals surface area contributed by atoms with E-state index in [2.05, 4.69) is 47.9 Å². The van der Waals surface area contributed by atoms with Gasteiger partial charge in [0.1, 0.15) is 5.75 Å². The van der Waals surface area contributed by atoms with Crippen molar-refractivity contribution in [2.75, 3.05) is 25.5 Å². The molecule has 3 nitrogen and oxygen atoms in total. The predicted molar refractivity (Wildman–Crippen MR) is 89.0 cm³/mol. The van der Waals surface area contributed by atoms with Crippen LogP contribution in [0.1, 0.15) is 24.9 Å². The fourth-order valence-electron chi connectivity index (χ4n) is 2.35. The normalized spacial score (nSPS) is 11.9. The Hall–Kier alpha value is -2.00. The Kier molecular flexibility index (Phi) is 6.10. The molecule has 2 N–H and O–H groups in total. The maximum absolute atomic E-state index is 5.15. The van der Waals surface area contributed by atoms with Crippen LogP contribution >= 0.6 is 0 Å². The van der Waals surface area contributed by atoms with Gasteiger partial charge in [0, 0.05) is 24.8 Å². The van der Waals surface area contributed by atoms with E-state index in [1.807, 2.05) is 24.3 Å². The quantitative estimate of drug-likeness (QED) is 0.722. The summed E-state index contributed by atoms with van der Waals surface area (Å²) in [5, 5.41) is 7.00. The van der Waals surface area contributed by atoms with Crippen molar-refractivity contribution in [3.63, 3.8) is 0 Å². The first-order valence-electron chi connectivity index (χ1n) is 7.49. The average molecular weight is 284 g/mol. The highest BCUT2D eigenvalue weighted by Gasteiger charge is 2.06. The number of methoxy groups -OCH3 is 1. The minimum Gasteiger partial charge on any atom is -0.497 e. The first-order chi connectivity index (χ1) is 10.3. The van der Waals surface area contributed by atoms with Crippen molar-refractivity contribution in [3.05, 3.63) is 60.2 Å². The lowest BCUT2D eigenvalue weighted by Gasteiger charge is -2.18. The van der Waals surface area contributed by atoms with Gasteiger partial charge in [-0.3, -0.25) is 0 Å². The number of nitrogens with one attached hydrogen (secondary N) is 2. The molecular weight excluding hydrogens is 260 g/mol. The lowest BCUT2D eigenvalue weighted by Crippen LogP contribution is -2.26. The molecule has 0 aliphatic carbocycles. The summed E-state index contributed by atoms with van der Waals surface area (Å²) < 4.78 is 5.15. The second-order valence-electron chi connectivity index (χ2n) is 4.98. The van der Waals surface area contributed by atoms with Crippen LogP contribution in [0.15, 0.2) is 54.6 Å². The van der Waals surface area contributed by atoms with E-state index in [9.17, 15) is 0 Å². The van der Waals surface area contributed by atoms with E-state index >= 15 is 0 Å². The summed E-state index contributed by atoms with van der Waals surface area (Å²) >= 11 is 0. The van der Waals surface area contributed by atoms with Crippen molar-refractivity contribution in [3.8, 4) is 5.75 Å². The maximum Gasteiger partial charge on any atom is 0.119 e. The Morgan fingerprint density at radius 2 is 1.67 bits per heavy atom. The summed E-state index contributed by atoms with van der Waals surface area (Å²) in [6, 6.07) is 19.0. The Morgan fingerprint density at radius 1 is 0.952 bits per heavy atom. The molecule has 2 rings (SSSR count). The summed E-state index contributed by atoms with van der Waals surface area (Å²) in [6.45, 7) is 4.04. The molecule has 0 fully saturated rings. The van der Waals surface area contributed by atoms with Gasteiger partial charge in [0.15, 0.2) is 0 Å². The van der Waals surface area contributed by atoms with Crippen molar-refractivity contribution in [1.82, 2.24) is 5.32 Å². The predicted octanol–water partition coefficient (Wildman–Crippen LogP) is 3.85. The summed E-state index contributed by atoms with van der Waals surface area (Å²) in [6.07, 6.45) is 1.09. The standard InChI is InChI=1S/C18H24N2O/c1-3-18(15-7-5-4-6-8-15)20-14-13-19-16-9-11-17(21-2)12-10-16/h4-12,18-20H,3,13-14H2,1-2H3. The third-order valence-electron chi connectivity index (χ3n) is 3.55. The highest BCUT2D eigenvalue weighted by molar-refractivity contribution is 5.46. The molecule has 0 saturated heterocycles. The van der Waals surface area contributed by atoms with Gasteiger partial charge in [0.2, 0.25) is 0 Å². The Labute approximate surface area is 127 Å². The van der Waals surface area contributed by atoms with E-state index < -0.39 is 0 Å². The summed E-state index contributed by atoms with van der Waals surface area (Å²) in [4.78, 5) is 0. The number of rotatable bonds is 8. The van der Waals surface area contributed by atoms with Crippen LogP contribution in [-0.2, 0) is 0 Å². The van der Waals surface area contributed by atoms with Crippen LogP contribution in [0.4, 0.5) is 5.69 Å². The molecule has 1 atom stereocenters. The van der Waals surface area contributed by atoms with Crippen molar-refractivity contribution < 1.29 is 4.74 Å². The molecule has 2 aromatic rings. The third kappa shape index (κ3) is 4.80. The smallest absolute Gasteiger partial charge is 0.119 e. The Bertz CT molecular complexity index is 511. The molecule has 1 unspecified atom stereocenters. The van der Waals surface area contributed by atoms with Gasteiger partial charge in [0.25, 0.3) is 0 Å². The molecule has 0 spiro atoms. The fourth-order valence-corrected chi connectivity index (χ4v) is 2.35. The molecule has 0 radical (unpaired) electrons. The second kappa shape index (κ2) is 8.32. The van der Waals surface area contributed by atoms with E-state index in [1.54, 1.807) is 7.11 Å². The molecular formula is C18H24N2O. The average Bonchev–Trinajstić information content (AvgIpc) is 2.56. The zero-order chi connectivity index (χ0) is 14.9. The molecule has 0 amide bonds. The first kappa shape index (κ1) is 15.4. The van der Waals surface area contributed by atoms with Crippen LogP contribution in [0.25, 0.3) is 0 Å². The largest absolute Gasteiger partial charge is 0.497 e. The summed E-state index contributed by atoms with van der Waals surface area (Å²) in [5.41, 5.74) is 2.47. The Balaban J connectivity index is 1.75. The molecule has 0 bridgehead atoms. The van der Waals surface area contributed by atoms with Gasteiger partial charge in [-0.25, -0.2) is 0 Å². The maximum atomic E-state index is 5.15. The topological polar surface area (TPSA) is 33.3 Å². The first-order valence-corrected chi connectivity index (χ1v) is 7.49. The number of hydrogen-bond acceptors (Lipinski definition) is 3. The highest BCUT2D eigenvalue weighted by Crippen LogP contribution is 2.16. The van der Waals surface area contributed by atoms with E-state index in [-0.39, 0.29) is 0 Å². The molecule has 0 aliphatic heterocycles. The van der Waals surface area contributed by atoms with E-state index in [1.165, 1.54) is 5.56 Å². The van der Waals surface area contributed by atoms with Gasteiger partial charge in [-0.15, -0.1) is 0 Å². The minimum atomic E-state index is 0.420. The van der Waals surface area contributed by atoms with Crippen LogP contribution in [0.3, 0.4) is 0 Å². The van der Waals surface area contributed by atoms with Gasteiger partial charge in [0.05, 0.1) is 7.11 Å². The van der Waals surface area contributed by atoms with Crippen molar-refractivity contribution in [2.24, 2.45) is 0 Å². The van der Waals surface area contributed by atoms with Crippen LogP contribution < -0.4 is 15.4 Å². The number of ether oxygens (including phenoxy) is 1. The molecule has 112 valence electrons. The summed E-state index contributed by atoms with van der Waals surface area (Å²) in [5.74, 6) is 0.883. The van der Waals surface area contributed by atoms with Crippen LogP contribution in [0.2, 0.25) is 0 Å². The molecule has 3 heteroatoms. The second-order valence-corrected chi connectivity index (χ2v) is 4.98. The van der Waals surface area contributed by atoms with Crippen LogP contribution in [0, 0.1) is 0 Å². The van der Waals surface area contributed by atoms with Crippen molar-refractivity contribution in [1.29, 1.82) is 0 Å². The minimum absolute atomic E-state index is 0.420. The molecule has 21 heavy (non-hydrogen) atoms. The fraction of sp³-hybridized carbons (Fsp3) is 0.333. The lowest BCUT2D eigenvalue weighted by molar-refractivity contribution is 0.415. The van der Waals surface area contributed by atoms with E-state index in [0.717, 1.165) is 30.9 Å². The van der Waals surface area contributed by atoms with E-state index in [4.69, 9.17) is 4.74 Å². The Morgan fingerprint density at radius 3 is 2.29 bits per heavy atom. The zero-order valence-corrected chi connectivity index (χ0v) is 12.8. The SMILES string of the molecule is CCC(NCCNc1ccc(OC)cc1)c1ccccc1. The van der Waals surface area contributed by atoms with Crippen LogP contribution in [-0.4, -0.2) is 20.2 Å². The highest BCUT2D eigenvalue weighted by atomic mass is 16.5. The molecule has 0 heterocycles. The van der Waals surface area contributed by atoms with Gasteiger partial charge in [-0.05, 0) is 36.2 Å². The molecule has 0 aromatic heterocycles. The van der Waals surface area contributed by atoms with E-state index in [0.29, 0.717) is 6.04 Å². The van der Waals surface area contributed by atoms with Crippen LogP contribution in [0.5, 0.6) is 5.75 Å². The third-order valence-corrected chi connectivity index (χ3v) is 3.55. The van der Waals surface area contributed by atoms with Gasteiger partial charge < -0.3 is 15.4 Å². The van der Waals surface area contributed by atoms with Gasteiger partial charge in [-0.2, -0.15) is 0 Å². The molecule has 0 saturated carbocycles. The van der Waals surface area contributed by atoms with Gasteiger partial charge in [-0.1, -0.05) is 37.3 Å². The molecule has 2 aromatic carbocycles. The number of benzene rings is 2. The number of hydrogen-bond donors (Lipinski definition) is 2. The van der Waals surface area contributed by atoms with Crippen molar-refractivity contribution in [2.45, 2.75) is 19.4 Å². The van der Waals surface area contributed by atoms with Gasteiger partial charge >= 0.3 is 0 Å². The summed E-state index contributed by atoms with van der Waals surface area (Å²) in [7, 11) is 1.68. The lowest BCUT2D eigenvalue weighted by atomic mass is 10.0. The van der Waals surface area contributed by atoms with Crippen molar-refractivity contribution >= 4 is 5.69 Å².